The first-order valence-electron chi connectivity index (χ1n) is 16.1. The molecule has 1 heterocycles. The fraction of sp³-hybridized carbons (Fsp3) is 0. The van der Waals surface area contributed by atoms with E-state index in [9.17, 15) is 0 Å². The zero-order chi connectivity index (χ0) is 32.1. The molecule has 0 radical (unpaired) electrons. The lowest BCUT2D eigenvalue weighted by Crippen LogP contribution is -2.09. The molecule has 0 aliphatic heterocycles. The van der Waals surface area contributed by atoms with E-state index in [4.69, 9.17) is 4.74 Å². The van der Waals surface area contributed by atoms with Gasteiger partial charge in [-0.3, -0.25) is 4.98 Å². The highest BCUT2D eigenvalue weighted by molar-refractivity contribution is 6.00. The summed E-state index contributed by atoms with van der Waals surface area (Å²) in [7, 11) is 0. The molecule has 3 nitrogen and oxygen atoms in total. The van der Waals surface area contributed by atoms with E-state index in [0.717, 1.165) is 39.7 Å². The Labute approximate surface area is 281 Å². The summed E-state index contributed by atoms with van der Waals surface area (Å²) in [5, 5.41) is 2.48. The van der Waals surface area contributed by atoms with Crippen LogP contribution >= 0.6 is 0 Å². The first-order valence-corrected chi connectivity index (χ1v) is 16.1. The molecule has 48 heavy (non-hydrogen) atoms. The number of fused-ring (bicyclic) bond motifs is 1. The van der Waals surface area contributed by atoms with Crippen molar-refractivity contribution in [2.24, 2.45) is 0 Å². The molecular formula is C45H32N2O. The average Bonchev–Trinajstić information content (AvgIpc) is 3.17. The van der Waals surface area contributed by atoms with E-state index < -0.39 is 0 Å². The van der Waals surface area contributed by atoms with Gasteiger partial charge in [-0.2, -0.15) is 0 Å². The van der Waals surface area contributed by atoms with E-state index >= 15 is 0 Å². The van der Waals surface area contributed by atoms with Gasteiger partial charge >= 0.3 is 0 Å². The van der Waals surface area contributed by atoms with Crippen molar-refractivity contribution in [1.82, 2.24) is 4.98 Å². The highest BCUT2D eigenvalue weighted by Crippen LogP contribution is 2.39. The van der Waals surface area contributed by atoms with Gasteiger partial charge in [-0.1, -0.05) is 97.1 Å². The number of rotatable bonds is 8. The normalized spacial score (nSPS) is 10.9. The van der Waals surface area contributed by atoms with E-state index in [-0.39, 0.29) is 0 Å². The zero-order valence-corrected chi connectivity index (χ0v) is 26.3. The SMILES string of the molecule is c1ccc(Oc2ccc(N(c3ccc(-c4ccncc4)cc3)c3ccc(-c4cc(-c5ccccc5)c5ccccc5c4)cc3)cc2)cc1. The van der Waals surface area contributed by atoms with Crippen LogP contribution in [0.15, 0.2) is 194 Å². The molecule has 1 aromatic heterocycles. The predicted molar refractivity (Wildman–Crippen MR) is 199 cm³/mol. The zero-order valence-electron chi connectivity index (χ0n) is 26.3. The minimum Gasteiger partial charge on any atom is -0.457 e. The minimum atomic E-state index is 0.791. The molecule has 0 saturated carbocycles. The largest absolute Gasteiger partial charge is 0.457 e. The second kappa shape index (κ2) is 13.1. The molecule has 0 amide bonds. The topological polar surface area (TPSA) is 25.4 Å². The van der Waals surface area contributed by atoms with Crippen LogP contribution in [0, 0.1) is 0 Å². The van der Waals surface area contributed by atoms with Gasteiger partial charge < -0.3 is 9.64 Å². The summed E-state index contributed by atoms with van der Waals surface area (Å²) >= 11 is 0. The molecule has 0 saturated heterocycles. The first-order chi connectivity index (χ1) is 23.8. The van der Waals surface area contributed by atoms with Crippen molar-refractivity contribution in [3.05, 3.63) is 194 Å². The number of ether oxygens (including phenoxy) is 1. The molecule has 0 aliphatic rings. The quantitative estimate of drug-likeness (QED) is 0.170. The smallest absolute Gasteiger partial charge is 0.127 e. The molecule has 0 unspecified atom stereocenters. The van der Waals surface area contributed by atoms with Crippen molar-refractivity contribution < 1.29 is 4.74 Å². The summed E-state index contributed by atoms with van der Waals surface area (Å²) < 4.78 is 6.10. The average molecular weight is 617 g/mol. The second-order valence-electron chi connectivity index (χ2n) is 11.7. The summed E-state index contributed by atoms with van der Waals surface area (Å²) in [6.45, 7) is 0. The molecule has 0 N–H and O–H groups in total. The number of anilines is 3. The van der Waals surface area contributed by atoms with E-state index in [1.165, 1.54) is 33.0 Å². The molecule has 3 heteroatoms. The number of hydrogen-bond donors (Lipinski definition) is 0. The Kier molecular flexibility index (Phi) is 7.92. The van der Waals surface area contributed by atoms with E-state index in [1.807, 2.05) is 67.0 Å². The van der Waals surface area contributed by atoms with Gasteiger partial charge in [0.2, 0.25) is 0 Å². The fourth-order valence-electron chi connectivity index (χ4n) is 6.22. The van der Waals surface area contributed by atoms with Crippen LogP contribution in [0.3, 0.4) is 0 Å². The Morgan fingerprint density at radius 2 is 0.875 bits per heavy atom. The monoisotopic (exact) mass is 616 g/mol. The van der Waals surface area contributed by atoms with Crippen molar-refractivity contribution >= 4 is 27.8 Å². The summed E-state index contributed by atoms with van der Waals surface area (Å²) in [5.74, 6) is 1.60. The lowest BCUT2D eigenvalue weighted by atomic mass is 9.93. The van der Waals surface area contributed by atoms with Gasteiger partial charge in [0, 0.05) is 29.5 Å². The summed E-state index contributed by atoms with van der Waals surface area (Å²) in [6.07, 6.45) is 3.66. The second-order valence-corrected chi connectivity index (χ2v) is 11.7. The van der Waals surface area contributed by atoms with Crippen LogP contribution in [0.2, 0.25) is 0 Å². The van der Waals surface area contributed by atoms with Crippen LogP contribution < -0.4 is 9.64 Å². The summed E-state index contributed by atoms with van der Waals surface area (Å²) in [4.78, 5) is 6.45. The number of benzene rings is 7. The van der Waals surface area contributed by atoms with E-state index in [0.29, 0.717) is 0 Å². The van der Waals surface area contributed by atoms with Crippen LogP contribution in [-0.4, -0.2) is 4.98 Å². The third-order valence-corrected chi connectivity index (χ3v) is 8.62. The van der Waals surface area contributed by atoms with Gasteiger partial charge in [0.1, 0.15) is 11.5 Å². The van der Waals surface area contributed by atoms with Crippen LogP contribution in [0.4, 0.5) is 17.1 Å². The van der Waals surface area contributed by atoms with Gasteiger partial charge in [0.05, 0.1) is 0 Å². The molecule has 7 aromatic carbocycles. The van der Waals surface area contributed by atoms with Gasteiger partial charge in [-0.05, 0) is 129 Å². The standard InChI is InChI=1S/C45H32N2O/c1-3-9-36(10-4-1)45-32-38(31-37-11-7-8-14-44(37)45)34-17-21-40(22-18-34)47(39-19-15-33(16-20-39)35-27-29-46-30-28-35)41-23-25-43(26-24-41)48-42-12-5-2-6-13-42/h1-32H. The molecule has 0 atom stereocenters. The molecule has 0 spiro atoms. The van der Waals surface area contributed by atoms with Gasteiger partial charge in [0.25, 0.3) is 0 Å². The van der Waals surface area contributed by atoms with Crippen molar-refractivity contribution in [1.29, 1.82) is 0 Å². The Hall–Kier alpha value is -6.45. The maximum atomic E-state index is 6.10. The van der Waals surface area contributed by atoms with Gasteiger partial charge in [-0.25, -0.2) is 0 Å². The maximum Gasteiger partial charge on any atom is 0.127 e. The Morgan fingerprint density at radius 1 is 0.375 bits per heavy atom. The molecule has 228 valence electrons. The summed E-state index contributed by atoms with van der Waals surface area (Å²) in [5.41, 5.74) is 10.3. The Bertz CT molecular complexity index is 2270. The van der Waals surface area contributed by atoms with E-state index in [1.54, 1.807) is 0 Å². The van der Waals surface area contributed by atoms with Gasteiger partial charge in [0.15, 0.2) is 0 Å². The molecule has 0 aliphatic carbocycles. The molecule has 0 bridgehead atoms. The van der Waals surface area contributed by atoms with Crippen LogP contribution in [0.5, 0.6) is 11.5 Å². The highest BCUT2D eigenvalue weighted by atomic mass is 16.5. The first kappa shape index (κ1) is 29.0. The number of pyridine rings is 1. The van der Waals surface area contributed by atoms with Crippen molar-refractivity contribution in [2.75, 3.05) is 4.90 Å². The predicted octanol–water partition coefficient (Wildman–Crippen LogP) is 12.5. The van der Waals surface area contributed by atoms with Crippen LogP contribution in [0.25, 0.3) is 44.2 Å². The molecular weight excluding hydrogens is 585 g/mol. The number of hydrogen-bond acceptors (Lipinski definition) is 3. The van der Waals surface area contributed by atoms with Crippen LogP contribution in [-0.2, 0) is 0 Å². The number of para-hydroxylation sites is 1. The van der Waals surface area contributed by atoms with Crippen molar-refractivity contribution in [3.8, 4) is 44.9 Å². The molecule has 0 fully saturated rings. The lowest BCUT2D eigenvalue weighted by Gasteiger charge is -2.26. The number of aromatic nitrogens is 1. The van der Waals surface area contributed by atoms with Gasteiger partial charge in [-0.15, -0.1) is 0 Å². The summed E-state index contributed by atoms with van der Waals surface area (Å²) in [6, 6.07) is 63.6. The number of nitrogens with zero attached hydrogens (tertiary/aromatic N) is 2. The Balaban J connectivity index is 1.17. The van der Waals surface area contributed by atoms with Crippen molar-refractivity contribution in [3.63, 3.8) is 0 Å². The van der Waals surface area contributed by atoms with E-state index in [2.05, 4.69) is 137 Å². The maximum absolute atomic E-state index is 6.10. The third-order valence-electron chi connectivity index (χ3n) is 8.62. The molecule has 8 rings (SSSR count). The third kappa shape index (κ3) is 6.05. The minimum absolute atomic E-state index is 0.791. The highest BCUT2D eigenvalue weighted by Gasteiger charge is 2.15. The fourth-order valence-corrected chi connectivity index (χ4v) is 6.22. The molecule has 8 aromatic rings. The van der Waals surface area contributed by atoms with Crippen LogP contribution in [0.1, 0.15) is 0 Å². The Morgan fingerprint density at radius 3 is 1.52 bits per heavy atom. The van der Waals surface area contributed by atoms with Crippen molar-refractivity contribution in [2.45, 2.75) is 0 Å². The lowest BCUT2D eigenvalue weighted by molar-refractivity contribution is 0.483.